The first kappa shape index (κ1) is 24.7. The third-order valence-corrected chi connectivity index (χ3v) is 8.26. The maximum Gasteiger partial charge on any atom is 0.251 e. The molecule has 3 aromatic carbocycles. The fraction of sp³-hybridized carbons (Fsp3) is 0.259. The van der Waals surface area contributed by atoms with Crippen molar-refractivity contribution in [3.63, 3.8) is 0 Å². The lowest BCUT2D eigenvalue weighted by atomic mass is 10.1. The molecular weight excluding hydrogens is 484 g/mol. The number of nitrogens with zero attached hydrogens (tertiary/aromatic N) is 1. The zero-order valence-electron chi connectivity index (χ0n) is 19.0. The molecule has 1 aliphatic heterocycles. The standard InChI is InChI=1S/C27H27ClN2O2S2/c1-19-4-2-3-5-23(19)17-33-15-14-29-26(32)21-8-10-22(11-9-21)27-30(25(31)18-34-27)16-20-6-12-24(28)13-7-20/h2-13,27H,14-18H2,1H3,(H,29,32)/t27-/m1/s1. The molecule has 176 valence electrons. The van der Waals surface area contributed by atoms with Gasteiger partial charge in [-0.15, -0.1) is 11.8 Å². The van der Waals surface area contributed by atoms with Crippen molar-refractivity contribution in [2.75, 3.05) is 18.1 Å². The van der Waals surface area contributed by atoms with E-state index in [9.17, 15) is 9.59 Å². The van der Waals surface area contributed by atoms with Crippen LogP contribution in [-0.4, -0.2) is 34.8 Å². The van der Waals surface area contributed by atoms with Gasteiger partial charge < -0.3 is 10.2 Å². The number of hydrogen-bond acceptors (Lipinski definition) is 4. The third-order valence-electron chi connectivity index (χ3n) is 5.74. The Morgan fingerprint density at radius 2 is 1.82 bits per heavy atom. The monoisotopic (exact) mass is 510 g/mol. The molecule has 4 nitrogen and oxygen atoms in total. The number of thioether (sulfide) groups is 2. The van der Waals surface area contributed by atoms with Crippen LogP contribution in [0.2, 0.25) is 5.02 Å². The van der Waals surface area contributed by atoms with Gasteiger partial charge in [0.1, 0.15) is 5.37 Å². The van der Waals surface area contributed by atoms with E-state index in [2.05, 4.69) is 36.5 Å². The van der Waals surface area contributed by atoms with E-state index in [-0.39, 0.29) is 17.2 Å². The van der Waals surface area contributed by atoms with E-state index in [0.717, 1.165) is 22.6 Å². The van der Waals surface area contributed by atoms with E-state index in [4.69, 9.17) is 11.6 Å². The van der Waals surface area contributed by atoms with Gasteiger partial charge in [0.25, 0.3) is 5.91 Å². The average molecular weight is 511 g/mol. The van der Waals surface area contributed by atoms with Crippen LogP contribution in [0.15, 0.2) is 72.8 Å². The van der Waals surface area contributed by atoms with E-state index in [1.54, 1.807) is 11.8 Å². The van der Waals surface area contributed by atoms with Crippen molar-refractivity contribution in [3.05, 3.63) is 106 Å². The zero-order valence-corrected chi connectivity index (χ0v) is 21.4. The summed E-state index contributed by atoms with van der Waals surface area (Å²) in [7, 11) is 0. The van der Waals surface area contributed by atoms with Gasteiger partial charge in [-0.3, -0.25) is 9.59 Å². The van der Waals surface area contributed by atoms with Crippen LogP contribution in [0.25, 0.3) is 0 Å². The lowest BCUT2D eigenvalue weighted by Gasteiger charge is -2.24. The van der Waals surface area contributed by atoms with Gasteiger partial charge in [0, 0.05) is 35.2 Å². The first-order valence-corrected chi connectivity index (χ1v) is 13.8. The molecule has 4 rings (SSSR count). The molecule has 34 heavy (non-hydrogen) atoms. The number of carbonyl (C=O) groups excluding carboxylic acids is 2. The van der Waals surface area contributed by atoms with Gasteiger partial charge in [0.15, 0.2) is 0 Å². The first-order chi connectivity index (χ1) is 16.5. The largest absolute Gasteiger partial charge is 0.351 e. The summed E-state index contributed by atoms with van der Waals surface area (Å²) in [5, 5.41) is 3.63. The molecule has 0 bridgehead atoms. The summed E-state index contributed by atoms with van der Waals surface area (Å²) in [5.74, 6) is 2.31. The number of rotatable bonds is 9. The van der Waals surface area contributed by atoms with Crippen LogP contribution in [0, 0.1) is 6.92 Å². The minimum absolute atomic E-state index is 0.0573. The molecule has 2 amide bonds. The minimum Gasteiger partial charge on any atom is -0.351 e. The third kappa shape index (κ3) is 6.38. The van der Waals surface area contributed by atoms with Crippen molar-refractivity contribution in [2.24, 2.45) is 0 Å². The number of benzene rings is 3. The molecule has 3 aromatic rings. The van der Waals surface area contributed by atoms with Crippen LogP contribution in [0.4, 0.5) is 0 Å². The van der Waals surface area contributed by atoms with Crippen LogP contribution >= 0.6 is 35.1 Å². The molecule has 0 saturated carbocycles. The number of halogens is 1. The van der Waals surface area contributed by atoms with E-state index in [1.807, 2.05) is 65.2 Å². The van der Waals surface area contributed by atoms with E-state index < -0.39 is 0 Å². The molecule has 0 aromatic heterocycles. The summed E-state index contributed by atoms with van der Waals surface area (Å²) in [6.07, 6.45) is 0. The maximum absolute atomic E-state index is 12.5. The van der Waals surface area contributed by atoms with Gasteiger partial charge in [-0.2, -0.15) is 11.8 Å². The maximum atomic E-state index is 12.5. The molecule has 1 heterocycles. The van der Waals surface area contributed by atoms with Gasteiger partial charge >= 0.3 is 0 Å². The van der Waals surface area contributed by atoms with Crippen molar-refractivity contribution in [1.82, 2.24) is 10.2 Å². The molecule has 7 heteroatoms. The molecule has 0 spiro atoms. The predicted molar refractivity (Wildman–Crippen MR) is 143 cm³/mol. The number of carbonyl (C=O) groups is 2. The average Bonchev–Trinajstić information content (AvgIpc) is 3.21. The van der Waals surface area contributed by atoms with Crippen molar-refractivity contribution in [2.45, 2.75) is 24.6 Å². The molecule has 0 aliphatic carbocycles. The molecule has 1 fully saturated rings. The van der Waals surface area contributed by atoms with Gasteiger partial charge in [-0.05, 0) is 53.4 Å². The van der Waals surface area contributed by atoms with Gasteiger partial charge in [-0.25, -0.2) is 0 Å². The Kier molecular flexibility index (Phi) is 8.59. The van der Waals surface area contributed by atoms with Gasteiger partial charge in [-0.1, -0.05) is 60.1 Å². The molecule has 0 unspecified atom stereocenters. The van der Waals surface area contributed by atoms with E-state index in [0.29, 0.717) is 29.4 Å². The Morgan fingerprint density at radius 3 is 2.56 bits per heavy atom. The second kappa shape index (κ2) is 11.8. The normalized spacial score (nSPS) is 15.5. The summed E-state index contributed by atoms with van der Waals surface area (Å²) in [4.78, 5) is 26.9. The molecular formula is C27H27ClN2O2S2. The van der Waals surface area contributed by atoms with Crippen LogP contribution in [0.5, 0.6) is 0 Å². The Labute approximate surface area is 214 Å². The minimum atomic E-state index is -0.0730. The predicted octanol–water partition coefficient (Wildman–Crippen LogP) is 6.09. The molecule has 1 aliphatic rings. The van der Waals surface area contributed by atoms with Crippen LogP contribution in [-0.2, 0) is 17.1 Å². The molecule has 1 atom stereocenters. The second-order valence-corrected chi connectivity index (χ2v) is 10.8. The topological polar surface area (TPSA) is 49.4 Å². The highest BCUT2D eigenvalue weighted by Crippen LogP contribution is 2.39. The number of nitrogens with one attached hydrogen (secondary N) is 1. The quantitative estimate of drug-likeness (QED) is 0.354. The lowest BCUT2D eigenvalue weighted by molar-refractivity contribution is -0.128. The number of hydrogen-bond donors (Lipinski definition) is 1. The van der Waals surface area contributed by atoms with Crippen molar-refractivity contribution in [3.8, 4) is 0 Å². The van der Waals surface area contributed by atoms with Gasteiger partial charge in [0.05, 0.1) is 5.75 Å². The molecule has 1 N–H and O–H groups in total. The molecule has 1 saturated heterocycles. The number of aryl methyl sites for hydroxylation is 1. The highest BCUT2D eigenvalue weighted by molar-refractivity contribution is 8.00. The summed E-state index contributed by atoms with van der Waals surface area (Å²) in [6.45, 7) is 3.29. The van der Waals surface area contributed by atoms with Gasteiger partial charge in [0.2, 0.25) is 5.91 Å². The van der Waals surface area contributed by atoms with Crippen molar-refractivity contribution < 1.29 is 9.59 Å². The van der Waals surface area contributed by atoms with Crippen LogP contribution in [0.1, 0.15) is 38.0 Å². The first-order valence-electron chi connectivity index (χ1n) is 11.2. The lowest BCUT2D eigenvalue weighted by Crippen LogP contribution is -2.28. The Bertz CT molecular complexity index is 1140. The SMILES string of the molecule is Cc1ccccc1CSCCNC(=O)c1ccc([C@H]2SCC(=O)N2Cc2ccc(Cl)cc2)cc1. The summed E-state index contributed by atoms with van der Waals surface area (Å²) in [6, 6.07) is 23.5. The Balaban J connectivity index is 1.28. The summed E-state index contributed by atoms with van der Waals surface area (Å²) >= 11 is 9.41. The fourth-order valence-corrected chi connectivity index (χ4v) is 6.03. The van der Waals surface area contributed by atoms with Crippen LogP contribution in [0.3, 0.4) is 0 Å². The summed E-state index contributed by atoms with van der Waals surface area (Å²) < 4.78 is 0. The Morgan fingerprint density at radius 1 is 1.09 bits per heavy atom. The van der Waals surface area contributed by atoms with Crippen LogP contribution < -0.4 is 5.32 Å². The zero-order chi connectivity index (χ0) is 23.9. The highest BCUT2D eigenvalue weighted by atomic mass is 35.5. The number of amides is 2. The summed E-state index contributed by atoms with van der Waals surface area (Å²) in [5.41, 5.74) is 5.33. The van der Waals surface area contributed by atoms with Crippen molar-refractivity contribution >= 4 is 46.9 Å². The van der Waals surface area contributed by atoms with Crippen molar-refractivity contribution in [1.29, 1.82) is 0 Å². The smallest absolute Gasteiger partial charge is 0.251 e. The van der Waals surface area contributed by atoms with E-state index in [1.165, 1.54) is 11.1 Å². The Hall–Kier alpha value is -2.41. The second-order valence-electron chi connectivity index (χ2n) is 8.17. The fourth-order valence-electron chi connectivity index (χ4n) is 3.78. The highest BCUT2D eigenvalue weighted by Gasteiger charge is 2.32. The van der Waals surface area contributed by atoms with E-state index >= 15 is 0 Å². The molecule has 0 radical (unpaired) electrons.